The Morgan fingerprint density at radius 1 is 1.04 bits per heavy atom. The number of hydrogen-bond donors (Lipinski definition) is 0. The van der Waals surface area contributed by atoms with Gasteiger partial charge in [-0.3, -0.25) is 4.90 Å². The molecule has 0 radical (unpaired) electrons. The molecule has 3 aliphatic rings. The first kappa shape index (κ1) is 17.1. The van der Waals surface area contributed by atoms with Crippen molar-refractivity contribution in [2.45, 2.75) is 25.0 Å². The monoisotopic (exact) mass is 350 g/mol. The average molecular weight is 350 g/mol. The lowest BCUT2D eigenvalue weighted by Crippen LogP contribution is -2.52. The van der Waals surface area contributed by atoms with E-state index in [1.54, 1.807) is 0 Å². The maximum Gasteiger partial charge on any atom is 0.333 e. The summed E-state index contributed by atoms with van der Waals surface area (Å²) in [5.41, 5.74) is 1.97. The Morgan fingerprint density at radius 2 is 1.65 bits per heavy atom. The first-order valence-electron chi connectivity index (χ1n) is 9.48. The van der Waals surface area contributed by atoms with Crippen LogP contribution in [0, 0.1) is 5.92 Å². The number of rotatable bonds is 5. The van der Waals surface area contributed by atoms with Gasteiger partial charge in [0.2, 0.25) is 0 Å². The highest BCUT2D eigenvalue weighted by atomic mass is 16.5. The molecule has 4 heteroatoms. The van der Waals surface area contributed by atoms with Crippen molar-refractivity contribution in [3.05, 3.63) is 66.2 Å². The SMILES string of the molecule is CN(c1ccccc1)[C@@H](C(=O)O[C@H]1CN2CCC1CC2)c1ccccc1. The lowest BCUT2D eigenvalue weighted by Gasteiger charge is -2.44. The highest BCUT2D eigenvalue weighted by molar-refractivity contribution is 5.82. The third-order valence-corrected chi connectivity index (χ3v) is 5.75. The molecule has 0 N–H and O–H groups in total. The van der Waals surface area contributed by atoms with Crippen LogP contribution in [0.2, 0.25) is 0 Å². The summed E-state index contributed by atoms with van der Waals surface area (Å²) in [5, 5.41) is 0. The number of esters is 1. The predicted octanol–water partition coefficient (Wildman–Crippen LogP) is 3.50. The molecule has 0 amide bonds. The van der Waals surface area contributed by atoms with Crippen molar-refractivity contribution < 1.29 is 9.53 Å². The minimum absolute atomic E-state index is 0.0281. The molecule has 2 atom stereocenters. The van der Waals surface area contributed by atoms with Crippen molar-refractivity contribution in [3.63, 3.8) is 0 Å². The zero-order valence-electron chi connectivity index (χ0n) is 15.3. The number of likely N-dealkylation sites (N-methyl/N-ethyl adjacent to an activating group) is 1. The van der Waals surface area contributed by atoms with Crippen molar-refractivity contribution in [1.29, 1.82) is 0 Å². The van der Waals surface area contributed by atoms with Crippen molar-refractivity contribution in [1.82, 2.24) is 4.90 Å². The van der Waals surface area contributed by atoms with Crippen molar-refractivity contribution in [2.24, 2.45) is 5.92 Å². The van der Waals surface area contributed by atoms with E-state index < -0.39 is 6.04 Å². The van der Waals surface area contributed by atoms with Gasteiger partial charge in [-0.15, -0.1) is 0 Å². The van der Waals surface area contributed by atoms with Crippen LogP contribution in [0.4, 0.5) is 5.69 Å². The summed E-state index contributed by atoms with van der Waals surface area (Å²) in [4.78, 5) is 17.6. The highest BCUT2D eigenvalue weighted by Crippen LogP contribution is 2.32. The molecular formula is C22H26N2O2. The molecule has 5 rings (SSSR count). The fourth-order valence-electron chi connectivity index (χ4n) is 4.22. The Hall–Kier alpha value is -2.33. The molecule has 136 valence electrons. The maximum absolute atomic E-state index is 13.2. The van der Waals surface area contributed by atoms with Crippen LogP contribution in [0.15, 0.2) is 60.7 Å². The largest absolute Gasteiger partial charge is 0.459 e. The number of fused-ring (bicyclic) bond motifs is 3. The van der Waals surface area contributed by atoms with Crippen LogP contribution in [-0.4, -0.2) is 43.7 Å². The maximum atomic E-state index is 13.2. The molecule has 0 unspecified atom stereocenters. The second-order valence-corrected chi connectivity index (χ2v) is 7.37. The Bertz CT molecular complexity index is 726. The minimum atomic E-state index is -0.436. The van der Waals surface area contributed by atoms with E-state index in [-0.39, 0.29) is 12.1 Å². The van der Waals surface area contributed by atoms with Crippen LogP contribution in [0.5, 0.6) is 0 Å². The van der Waals surface area contributed by atoms with E-state index in [1.165, 1.54) is 0 Å². The van der Waals surface area contributed by atoms with E-state index in [2.05, 4.69) is 4.90 Å². The third kappa shape index (κ3) is 3.47. The molecule has 3 heterocycles. The fraction of sp³-hybridized carbons (Fsp3) is 0.409. The third-order valence-electron chi connectivity index (χ3n) is 5.75. The van der Waals surface area contributed by atoms with E-state index in [1.807, 2.05) is 72.6 Å². The van der Waals surface area contributed by atoms with Gasteiger partial charge in [0, 0.05) is 19.3 Å². The summed E-state index contributed by atoms with van der Waals surface area (Å²) >= 11 is 0. The van der Waals surface area contributed by atoms with Gasteiger partial charge in [-0.25, -0.2) is 4.79 Å². The molecule has 2 bridgehead atoms. The lowest BCUT2D eigenvalue weighted by atomic mass is 9.86. The van der Waals surface area contributed by atoms with Gasteiger partial charge in [0.05, 0.1) is 0 Å². The summed E-state index contributed by atoms with van der Waals surface area (Å²) in [6.07, 6.45) is 2.31. The first-order chi connectivity index (χ1) is 12.7. The first-order valence-corrected chi connectivity index (χ1v) is 9.48. The molecule has 3 aliphatic heterocycles. The van der Waals surface area contributed by atoms with Crippen LogP contribution < -0.4 is 4.90 Å². The van der Waals surface area contributed by atoms with Crippen molar-refractivity contribution in [3.8, 4) is 0 Å². The van der Waals surface area contributed by atoms with E-state index in [0.717, 1.165) is 43.7 Å². The molecule has 4 nitrogen and oxygen atoms in total. The molecule has 0 aliphatic carbocycles. The van der Waals surface area contributed by atoms with Gasteiger partial charge in [-0.2, -0.15) is 0 Å². The topological polar surface area (TPSA) is 32.8 Å². The zero-order chi connectivity index (χ0) is 17.9. The minimum Gasteiger partial charge on any atom is -0.459 e. The number of anilines is 1. The Morgan fingerprint density at radius 3 is 2.23 bits per heavy atom. The zero-order valence-corrected chi connectivity index (χ0v) is 15.3. The van der Waals surface area contributed by atoms with Crippen LogP contribution in [0.25, 0.3) is 0 Å². The second kappa shape index (κ2) is 7.50. The van der Waals surface area contributed by atoms with Crippen molar-refractivity contribution in [2.75, 3.05) is 31.6 Å². The van der Waals surface area contributed by atoms with Crippen LogP contribution in [0.1, 0.15) is 24.4 Å². The van der Waals surface area contributed by atoms with Gasteiger partial charge < -0.3 is 9.64 Å². The Labute approximate surface area is 155 Å². The van der Waals surface area contributed by atoms with E-state index in [9.17, 15) is 4.79 Å². The van der Waals surface area contributed by atoms with Crippen LogP contribution in [-0.2, 0) is 9.53 Å². The standard InChI is InChI=1S/C22H26N2O2/c1-23(19-10-6-3-7-11-19)21(18-8-4-2-5-9-18)22(25)26-20-16-24-14-12-17(20)13-15-24/h2-11,17,20-21H,12-16H2,1H3/t20-,21+/m0/s1. The molecule has 0 aromatic heterocycles. The van der Waals surface area contributed by atoms with E-state index in [0.29, 0.717) is 5.92 Å². The van der Waals surface area contributed by atoms with Crippen LogP contribution in [0.3, 0.4) is 0 Å². The molecule has 3 fully saturated rings. The second-order valence-electron chi connectivity index (χ2n) is 7.37. The molecule has 2 aromatic rings. The Kier molecular flexibility index (Phi) is 4.93. The molecule has 2 aromatic carbocycles. The van der Waals surface area contributed by atoms with Gasteiger partial charge in [0.1, 0.15) is 6.10 Å². The lowest BCUT2D eigenvalue weighted by molar-refractivity contribution is -0.160. The number of carbonyl (C=O) groups excluding carboxylic acids is 1. The molecular weight excluding hydrogens is 324 g/mol. The highest BCUT2D eigenvalue weighted by Gasteiger charge is 2.38. The van der Waals surface area contributed by atoms with E-state index >= 15 is 0 Å². The number of piperidine rings is 3. The quantitative estimate of drug-likeness (QED) is 0.773. The summed E-state index contributed by atoms with van der Waals surface area (Å²) in [5.74, 6) is 0.365. The number of para-hydroxylation sites is 1. The molecule has 0 saturated carbocycles. The summed E-state index contributed by atoms with van der Waals surface area (Å²) in [6, 6.07) is 19.5. The summed E-state index contributed by atoms with van der Waals surface area (Å²) in [7, 11) is 1.96. The van der Waals surface area contributed by atoms with Gasteiger partial charge in [0.15, 0.2) is 6.04 Å². The number of benzene rings is 2. The summed E-state index contributed by atoms with van der Waals surface area (Å²) in [6.45, 7) is 3.17. The molecule has 26 heavy (non-hydrogen) atoms. The summed E-state index contributed by atoms with van der Waals surface area (Å²) < 4.78 is 6.06. The normalized spacial score (nSPS) is 25.5. The predicted molar refractivity (Wildman–Crippen MR) is 103 cm³/mol. The Balaban J connectivity index is 1.57. The number of hydrogen-bond acceptors (Lipinski definition) is 4. The van der Waals surface area contributed by atoms with Gasteiger partial charge in [-0.05, 0) is 49.5 Å². The van der Waals surface area contributed by atoms with E-state index in [4.69, 9.17) is 4.74 Å². The number of nitrogens with zero attached hydrogens (tertiary/aromatic N) is 2. The van der Waals surface area contributed by atoms with Gasteiger partial charge in [0.25, 0.3) is 0 Å². The van der Waals surface area contributed by atoms with Crippen LogP contribution >= 0.6 is 0 Å². The number of carbonyl (C=O) groups is 1. The van der Waals surface area contributed by atoms with Crippen molar-refractivity contribution >= 4 is 11.7 Å². The van der Waals surface area contributed by atoms with Gasteiger partial charge in [-0.1, -0.05) is 48.5 Å². The molecule has 3 saturated heterocycles. The molecule has 0 spiro atoms. The average Bonchev–Trinajstić information content (AvgIpc) is 2.70. The van der Waals surface area contributed by atoms with Gasteiger partial charge >= 0.3 is 5.97 Å². The smallest absolute Gasteiger partial charge is 0.333 e. The fourth-order valence-corrected chi connectivity index (χ4v) is 4.22. The number of ether oxygens (including phenoxy) is 1.